The molecule has 2 aromatic heterocycles. The van der Waals surface area contributed by atoms with E-state index in [-0.39, 0.29) is 17.4 Å². The van der Waals surface area contributed by atoms with Crippen molar-refractivity contribution in [1.29, 1.82) is 0 Å². The highest BCUT2D eigenvalue weighted by Crippen LogP contribution is 2.11. The van der Waals surface area contributed by atoms with E-state index in [1.54, 1.807) is 19.1 Å². The van der Waals surface area contributed by atoms with E-state index >= 15 is 0 Å². The summed E-state index contributed by atoms with van der Waals surface area (Å²) in [4.78, 5) is 39.4. The average molecular weight is 413 g/mol. The Kier molecular flexibility index (Phi) is 7.62. The summed E-state index contributed by atoms with van der Waals surface area (Å²) in [6, 6.07) is 4.68. The first-order valence-corrected chi connectivity index (χ1v) is 9.29. The van der Waals surface area contributed by atoms with Gasteiger partial charge in [-0.3, -0.25) is 14.4 Å². The van der Waals surface area contributed by atoms with Crippen LogP contribution in [0.15, 0.2) is 28.9 Å². The fourth-order valence-electron chi connectivity index (χ4n) is 1.79. The summed E-state index contributed by atoms with van der Waals surface area (Å²) in [5.41, 5.74) is 0. The van der Waals surface area contributed by atoms with E-state index in [9.17, 15) is 14.4 Å². The summed E-state index contributed by atoms with van der Waals surface area (Å²) in [5, 5.41) is 9.10. The number of aryl methyl sites for hydroxylation is 1. The number of hydrogen-bond acceptors (Lipinski definition) is 8. The third-order valence-electron chi connectivity index (χ3n) is 3.00. The number of carbonyl (C=O) groups is 3. The molecular weight excluding hydrogens is 396 g/mol. The lowest BCUT2D eigenvalue weighted by Crippen LogP contribution is -2.31. The van der Waals surface area contributed by atoms with E-state index in [0.29, 0.717) is 22.4 Å². The zero-order valence-electron chi connectivity index (χ0n) is 14.5. The molecule has 2 aromatic rings. The van der Waals surface area contributed by atoms with Crippen LogP contribution in [0.3, 0.4) is 0 Å². The highest BCUT2D eigenvalue weighted by Gasteiger charge is 2.18. The van der Waals surface area contributed by atoms with Crippen LogP contribution in [0.1, 0.15) is 12.7 Å². The predicted molar refractivity (Wildman–Crippen MR) is 101 cm³/mol. The van der Waals surface area contributed by atoms with Crippen LogP contribution in [0.4, 0.5) is 11.6 Å². The van der Waals surface area contributed by atoms with E-state index in [1.165, 1.54) is 19.2 Å². The largest absolute Gasteiger partial charge is 0.452 e. The van der Waals surface area contributed by atoms with Crippen LogP contribution in [0.2, 0.25) is 5.02 Å². The Labute approximate surface area is 164 Å². The lowest BCUT2D eigenvalue weighted by atomic mass is 10.3. The number of ether oxygens (including phenoxy) is 1. The molecule has 0 radical (unpaired) electrons. The van der Waals surface area contributed by atoms with Crippen molar-refractivity contribution in [2.75, 3.05) is 22.1 Å². The van der Waals surface area contributed by atoms with Gasteiger partial charge in [0.2, 0.25) is 5.91 Å². The van der Waals surface area contributed by atoms with Gasteiger partial charge in [0.05, 0.1) is 16.5 Å². The molecule has 2 N–H and O–H groups in total. The summed E-state index contributed by atoms with van der Waals surface area (Å²) < 4.78 is 9.85. The lowest BCUT2D eigenvalue weighted by molar-refractivity contribution is -0.150. The Balaban J connectivity index is 1.67. The maximum absolute atomic E-state index is 12.0. The minimum Gasteiger partial charge on any atom is -0.452 e. The molecule has 11 heteroatoms. The quantitative estimate of drug-likeness (QED) is 0.633. The Hall–Kier alpha value is -2.59. The standard InChI is InChI=1S/C16H17ClN4O5S/c1-9-5-13(21-26-9)19-14(22)7-27-8-15(23)25-10(2)16(24)20-12-4-3-11(17)6-18-12/h3-6,10H,7-8H2,1-2H3,(H,18,20,24)(H,19,21,22). The molecular formula is C16H17ClN4O5S. The van der Waals surface area contributed by atoms with Gasteiger partial charge < -0.3 is 19.9 Å². The number of hydrogen-bond donors (Lipinski definition) is 2. The molecule has 2 rings (SSSR count). The topological polar surface area (TPSA) is 123 Å². The fraction of sp³-hybridized carbons (Fsp3) is 0.312. The lowest BCUT2D eigenvalue weighted by Gasteiger charge is -2.13. The van der Waals surface area contributed by atoms with Gasteiger partial charge in [0.25, 0.3) is 5.91 Å². The van der Waals surface area contributed by atoms with Gasteiger partial charge in [0.1, 0.15) is 11.6 Å². The summed E-state index contributed by atoms with van der Waals surface area (Å²) in [6.07, 6.45) is 0.373. The monoisotopic (exact) mass is 412 g/mol. The van der Waals surface area contributed by atoms with Crippen molar-refractivity contribution in [3.8, 4) is 0 Å². The first-order valence-electron chi connectivity index (χ1n) is 7.76. The van der Waals surface area contributed by atoms with Gasteiger partial charge in [-0.1, -0.05) is 16.8 Å². The highest BCUT2D eigenvalue weighted by atomic mass is 35.5. The SMILES string of the molecule is Cc1cc(NC(=O)CSCC(=O)OC(C)C(=O)Nc2ccc(Cl)cn2)no1. The van der Waals surface area contributed by atoms with Crippen LogP contribution < -0.4 is 10.6 Å². The van der Waals surface area contributed by atoms with Crippen molar-refractivity contribution < 1.29 is 23.6 Å². The minimum absolute atomic E-state index is 0.0241. The molecule has 2 amide bonds. The summed E-state index contributed by atoms with van der Waals surface area (Å²) in [6.45, 7) is 3.14. The van der Waals surface area contributed by atoms with Crippen molar-refractivity contribution in [2.45, 2.75) is 20.0 Å². The van der Waals surface area contributed by atoms with Crippen LogP contribution in [0.5, 0.6) is 0 Å². The second-order valence-electron chi connectivity index (χ2n) is 5.35. The average Bonchev–Trinajstić information content (AvgIpc) is 3.01. The smallest absolute Gasteiger partial charge is 0.316 e. The van der Waals surface area contributed by atoms with Crippen molar-refractivity contribution >= 4 is 52.8 Å². The maximum atomic E-state index is 12.0. The molecule has 144 valence electrons. The second kappa shape index (κ2) is 9.93. The number of nitrogens with zero attached hydrogens (tertiary/aromatic N) is 2. The first-order chi connectivity index (χ1) is 12.8. The molecule has 0 aliphatic carbocycles. The van der Waals surface area contributed by atoms with Gasteiger partial charge in [0, 0.05) is 12.3 Å². The molecule has 0 bridgehead atoms. The number of amides is 2. The fourth-order valence-corrected chi connectivity index (χ4v) is 2.50. The molecule has 9 nitrogen and oxygen atoms in total. The van der Waals surface area contributed by atoms with Crippen molar-refractivity contribution in [3.63, 3.8) is 0 Å². The van der Waals surface area contributed by atoms with Crippen LogP contribution in [-0.2, 0) is 19.1 Å². The minimum atomic E-state index is -1.01. The number of thioether (sulfide) groups is 1. The number of rotatable bonds is 8. The Morgan fingerprint density at radius 1 is 1.26 bits per heavy atom. The van der Waals surface area contributed by atoms with Gasteiger partial charge in [-0.25, -0.2) is 4.98 Å². The molecule has 1 unspecified atom stereocenters. The van der Waals surface area contributed by atoms with E-state index < -0.39 is 18.0 Å². The Morgan fingerprint density at radius 3 is 2.67 bits per heavy atom. The molecule has 0 saturated heterocycles. The number of esters is 1. The molecule has 1 atom stereocenters. The van der Waals surface area contributed by atoms with Crippen LogP contribution in [0, 0.1) is 6.92 Å². The zero-order valence-corrected chi connectivity index (χ0v) is 16.1. The third kappa shape index (κ3) is 7.27. The Bertz CT molecular complexity index is 811. The number of anilines is 2. The van der Waals surface area contributed by atoms with Crippen molar-refractivity contribution in [1.82, 2.24) is 10.1 Å². The molecule has 0 saturated carbocycles. The third-order valence-corrected chi connectivity index (χ3v) is 4.13. The van der Waals surface area contributed by atoms with Gasteiger partial charge in [0.15, 0.2) is 11.9 Å². The van der Waals surface area contributed by atoms with E-state index in [1.807, 2.05) is 0 Å². The normalized spacial score (nSPS) is 11.5. The van der Waals surface area contributed by atoms with Crippen molar-refractivity contribution in [3.05, 3.63) is 35.2 Å². The van der Waals surface area contributed by atoms with Gasteiger partial charge in [-0.15, -0.1) is 11.8 Å². The van der Waals surface area contributed by atoms with Crippen LogP contribution in [-0.4, -0.2) is 45.5 Å². The number of nitrogens with one attached hydrogen (secondary N) is 2. The first kappa shape index (κ1) is 20.7. The van der Waals surface area contributed by atoms with Gasteiger partial charge in [-0.2, -0.15) is 0 Å². The van der Waals surface area contributed by atoms with E-state index in [0.717, 1.165) is 11.8 Å². The predicted octanol–water partition coefficient (Wildman–Crippen LogP) is 2.27. The molecule has 0 aromatic carbocycles. The zero-order chi connectivity index (χ0) is 19.8. The maximum Gasteiger partial charge on any atom is 0.316 e. The molecule has 0 fully saturated rings. The molecule has 27 heavy (non-hydrogen) atoms. The molecule has 0 aliphatic rings. The summed E-state index contributed by atoms with van der Waals surface area (Å²) in [7, 11) is 0. The van der Waals surface area contributed by atoms with E-state index in [4.69, 9.17) is 20.9 Å². The van der Waals surface area contributed by atoms with Crippen LogP contribution in [0.25, 0.3) is 0 Å². The van der Waals surface area contributed by atoms with E-state index in [2.05, 4.69) is 20.8 Å². The molecule has 0 spiro atoms. The molecule has 0 aliphatic heterocycles. The molecule has 2 heterocycles. The van der Waals surface area contributed by atoms with Gasteiger partial charge >= 0.3 is 5.97 Å². The van der Waals surface area contributed by atoms with Crippen molar-refractivity contribution in [2.24, 2.45) is 0 Å². The number of aromatic nitrogens is 2. The second-order valence-corrected chi connectivity index (χ2v) is 6.77. The number of carbonyl (C=O) groups excluding carboxylic acids is 3. The Morgan fingerprint density at radius 2 is 2.04 bits per heavy atom. The van der Waals surface area contributed by atoms with Crippen LogP contribution >= 0.6 is 23.4 Å². The number of pyridine rings is 1. The van der Waals surface area contributed by atoms with Gasteiger partial charge in [-0.05, 0) is 26.0 Å². The summed E-state index contributed by atoms with van der Waals surface area (Å²) in [5.74, 6) is -0.358. The number of halogens is 1. The summed E-state index contributed by atoms with van der Waals surface area (Å²) >= 11 is 6.76. The highest BCUT2D eigenvalue weighted by molar-refractivity contribution is 8.00.